The molecule has 1 aromatic rings. The van der Waals surface area contributed by atoms with E-state index in [1.807, 2.05) is 19.2 Å². The van der Waals surface area contributed by atoms with E-state index < -0.39 is 5.92 Å². The Hall–Kier alpha value is -2.43. The molecule has 1 saturated heterocycles. The standard InChI is InChI=1S/C29H41F2N3/c1-4-25(29(3,30)31)16-14-22(2)13-15-23-19-24(21-33-26-11-7-5-8-12-26)27(32)20-28(23)34-17-9-6-10-18-34/h4,13-16,19-22,26H,5-12,17-18,32H2,1-3H3/b15-13+,16-14-,25-4-,33-21?. The molecule has 1 heterocycles. The lowest BCUT2D eigenvalue weighted by molar-refractivity contribution is 0.0673. The number of benzene rings is 1. The molecule has 0 amide bonds. The van der Waals surface area contributed by atoms with E-state index in [1.54, 1.807) is 6.92 Å². The average Bonchev–Trinajstić information content (AvgIpc) is 2.83. The van der Waals surface area contributed by atoms with Crippen LogP contribution in [-0.4, -0.2) is 31.3 Å². The van der Waals surface area contributed by atoms with Gasteiger partial charge in [0.15, 0.2) is 0 Å². The Morgan fingerprint density at radius 3 is 2.38 bits per heavy atom. The summed E-state index contributed by atoms with van der Waals surface area (Å²) in [5.41, 5.74) is 10.5. The molecule has 1 unspecified atom stereocenters. The van der Waals surface area contributed by atoms with Crippen LogP contribution in [0, 0.1) is 5.92 Å². The summed E-state index contributed by atoms with van der Waals surface area (Å²) in [6, 6.07) is 4.62. The number of piperidine rings is 1. The number of hydrogen-bond acceptors (Lipinski definition) is 3. The highest BCUT2D eigenvalue weighted by molar-refractivity contribution is 5.91. The van der Waals surface area contributed by atoms with Crippen LogP contribution in [0.3, 0.4) is 0 Å². The van der Waals surface area contributed by atoms with Gasteiger partial charge in [-0.05, 0) is 62.6 Å². The zero-order chi connectivity index (χ0) is 24.6. The monoisotopic (exact) mass is 469 g/mol. The maximum absolute atomic E-state index is 13.7. The zero-order valence-corrected chi connectivity index (χ0v) is 21.1. The van der Waals surface area contributed by atoms with Gasteiger partial charge in [0.05, 0.1) is 0 Å². The second kappa shape index (κ2) is 12.3. The molecule has 2 aliphatic rings. The molecule has 0 spiro atoms. The number of alkyl halides is 2. The fourth-order valence-electron chi connectivity index (χ4n) is 4.78. The van der Waals surface area contributed by atoms with Crippen LogP contribution in [0.2, 0.25) is 0 Å². The minimum Gasteiger partial charge on any atom is -0.398 e. The largest absolute Gasteiger partial charge is 0.398 e. The molecule has 34 heavy (non-hydrogen) atoms. The Morgan fingerprint density at radius 2 is 1.74 bits per heavy atom. The average molecular weight is 470 g/mol. The van der Waals surface area contributed by atoms with E-state index in [9.17, 15) is 8.78 Å². The molecule has 3 nitrogen and oxygen atoms in total. The van der Waals surface area contributed by atoms with Gasteiger partial charge in [0.25, 0.3) is 5.92 Å². The van der Waals surface area contributed by atoms with Gasteiger partial charge >= 0.3 is 0 Å². The molecule has 0 bridgehead atoms. The van der Waals surface area contributed by atoms with E-state index in [2.05, 4.69) is 29.2 Å². The Balaban J connectivity index is 1.85. The summed E-state index contributed by atoms with van der Waals surface area (Å²) in [7, 11) is 0. The van der Waals surface area contributed by atoms with Gasteiger partial charge in [0.2, 0.25) is 0 Å². The highest BCUT2D eigenvalue weighted by Crippen LogP contribution is 2.31. The number of nitrogen functional groups attached to an aromatic ring is 1. The summed E-state index contributed by atoms with van der Waals surface area (Å²) >= 11 is 0. The Labute approximate surface area is 204 Å². The van der Waals surface area contributed by atoms with Crippen molar-refractivity contribution in [3.8, 4) is 0 Å². The summed E-state index contributed by atoms with van der Waals surface area (Å²) in [6.07, 6.45) is 20.7. The van der Waals surface area contributed by atoms with Crippen LogP contribution in [0.5, 0.6) is 0 Å². The third-order valence-electron chi connectivity index (χ3n) is 6.90. The van der Waals surface area contributed by atoms with Gasteiger partial charge in [0, 0.05) is 54.8 Å². The third kappa shape index (κ3) is 7.54. The molecule has 0 radical (unpaired) electrons. The lowest BCUT2D eigenvalue weighted by Crippen LogP contribution is -2.30. The number of rotatable bonds is 8. The highest BCUT2D eigenvalue weighted by Gasteiger charge is 2.24. The number of hydrogen-bond donors (Lipinski definition) is 1. The number of allylic oxidation sites excluding steroid dienone is 5. The van der Waals surface area contributed by atoms with Crippen LogP contribution >= 0.6 is 0 Å². The summed E-state index contributed by atoms with van der Waals surface area (Å²) in [5.74, 6) is -2.82. The van der Waals surface area contributed by atoms with E-state index in [0.717, 1.165) is 55.4 Å². The molecule has 1 aliphatic carbocycles. The van der Waals surface area contributed by atoms with Crippen molar-refractivity contribution in [3.63, 3.8) is 0 Å². The van der Waals surface area contributed by atoms with Gasteiger partial charge in [0.1, 0.15) is 0 Å². The second-order valence-corrected chi connectivity index (χ2v) is 9.87. The lowest BCUT2D eigenvalue weighted by atomic mass is 9.96. The van der Waals surface area contributed by atoms with Gasteiger partial charge < -0.3 is 10.6 Å². The number of aliphatic imine (C=N–C) groups is 1. The molecule has 3 rings (SSSR count). The van der Waals surface area contributed by atoms with E-state index in [-0.39, 0.29) is 11.5 Å². The molecule has 0 aromatic heterocycles. The predicted molar refractivity (Wildman–Crippen MR) is 143 cm³/mol. The van der Waals surface area contributed by atoms with Crippen molar-refractivity contribution in [2.75, 3.05) is 23.7 Å². The summed E-state index contributed by atoms with van der Waals surface area (Å²) in [4.78, 5) is 7.26. The lowest BCUT2D eigenvalue weighted by Gasteiger charge is -2.30. The first-order valence-electron chi connectivity index (χ1n) is 12.9. The number of nitrogens with zero attached hydrogens (tertiary/aromatic N) is 2. The fraction of sp³-hybridized carbons (Fsp3) is 0.552. The maximum atomic E-state index is 13.7. The Morgan fingerprint density at radius 1 is 1.06 bits per heavy atom. The van der Waals surface area contributed by atoms with Gasteiger partial charge in [-0.15, -0.1) is 0 Å². The topological polar surface area (TPSA) is 41.6 Å². The minimum atomic E-state index is -2.83. The van der Waals surface area contributed by atoms with E-state index >= 15 is 0 Å². The summed E-state index contributed by atoms with van der Waals surface area (Å²) < 4.78 is 27.3. The molecule has 1 saturated carbocycles. The van der Waals surface area contributed by atoms with Gasteiger partial charge in [-0.1, -0.05) is 56.6 Å². The molecule has 186 valence electrons. The first-order chi connectivity index (χ1) is 16.3. The molecule has 1 atom stereocenters. The first-order valence-corrected chi connectivity index (χ1v) is 12.9. The van der Waals surface area contributed by atoms with Crippen molar-refractivity contribution in [2.45, 2.75) is 84.1 Å². The smallest absolute Gasteiger partial charge is 0.270 e. The Bertz CT molecular complexity index is 912. The minimum absolute atomic E-state index is 0.0171. The van der Waals surface area contributed by atoms with E-state index in [1.165, 1.54) is 50.7 Å². The van der Waals surface area contributed by atoms with Gasteiger partial charge in [-0.25, -0.2) is 8.78 Å². The van der Waals surface area contributed by atoms with Crippen molar-refractivity contribution in [2.24, 2.45) is 10.9 Å². The molecule has 2 N–H and O–H groups in total. The molecule has 2 fully saturated rings. The molecular weight excluding hydrogens is 428 g/mol. The van der Waals surface area contributed by atoms with Crippen LogP contribution in [0.25, 0.3) is 6.08 Å². The van der Waals surface area contributed by atoms with Gasteiger partial charge in [-0.3, -0.25) is 4.99 Å². The predicted octanol–water partition coefficient (Wildman–Crippen LogP) is 7.82. The maximum Gasteiger partial charge on any atom is 0.270 e. The molecule has 1 aromatic carbocycles. The SMILES string of the molecule is C/C=C(/C=C\C(C)/C=C/c1cc(C=NC2CCCCC2)c(N)cc1N1CCCCC1)C(C)(F)F. The normalized spacial score (nSPS) is 20.1. The molecule has 1 aliphatic heterocycles. The highest BCUT2D eigenvalue weighted by atomic mass is 19.3. The van der Waals surface area contributed by atoms with Crippen LogP contribution in [0.4, 0.5) is 20.2 Å². The molecular formula is C29H41F2N3. The number of halogens is 2. The zero-order valence-electron chi connectivity index (χ0n) is 21.1. The van der Waals surface area contributed by atoms with Crippen molar-refractivity contribution in [1.82, 2.24) is 0 Å². The van der Waals surface area contributed by atoms with E-state index in [0.29, 0.717) is 6.04 Å². The number of anilines is 2. The van der Waals surface area contributed by atoms with Crippen molar-refractivity contribution >= 4 is 23.7 Å². The summed E-state index contributed by atoms with van der Waals surface area (Å²) in [5, 5.41) is 0. The first kappa shape index (κ1) is 26.2. The fourth-order valence-corrected chi connectivity index (χ4v) is 4.78. The van der Waals surface area contributed by atoms with Crippen molar-refractivity contribution in [1.29, 1.82) is 0 Å². The quantitative estimate of drug-likeness (QED) is 0.239. The van der Waals surface area contributed by atoms with Gasteiger partial charge in [-0.2, -0.15) is 0 Å². The van der Waals surface area contributed by atoms with Crippen LogP contribution < -0.4 is 10.6 Å². The van der Waals surface area contributed by atoms with E-state index in [4.69, 9.17) is 10.7 Å². The van der Waals surface area contributed by atoms with Crippen molar-refractivity contribution < 1.29 is 8.78 Å². The number of nitrogens with two attached hydrogens (primary N) is 1. The Kier molecular flexibility index (Phi) is 9.49. The third-order valence-corrected chi connectivity index (χ3v) is 6.90. The second-order valence-electron chi connectivity index (χ2n) is 9.87. The van der Waals surface area contributed by atoms with Crippen LogP contribution in [0.15, 0.2) is 47.0 Å². The summed E-state index contributed by atoms with van der Waals surface area (Å²) in [6.45, 7) is 6.65. The molecule has 5 heteroatoms. The van der Waals surface area contributed by atoms with Crippen molar-refractivity contribution in [3.05, 3.63) is 53.1 Å². The van der Waals surface area contributed by atoms with Crippen LogP contribution in [0.1, 0.15) is 83.3 Å². The van der Waals surface area contributed by atoms with Crippen LogP contribution in [-0.2, 0) is 0 Å².